The minimum absolute atomic E-state index is 0.0387. The Morgan fingerprint density at radius 2 is 1.44 bits per heavy atom. The number of hydrogen-bond donors (Lipinski definition) is 0. The van der Waals surface area contributed by atoms with E-state index in [2.05, 4.69) is 12.1 Å². The molecule has 4 heteroatoms. The van der Waals surface area contributed by atoms with Gasteiger partial charge in [0.25, 0.3) is 5.91 Å². The van der Waals surface area contributed by atoms with Crippen LogP contribution in [0.1, 0.15) is 17.3 Å². The molecule has 1 aliphatic rings. The van der Waals surface area contributed by atoms with E-state index in [4.69, 9.17) is 4.74 Å². The van der Waals surface area contributed by atoms with Crippen molar-refractivity contribution < 1.29 is 9.53 Å². The summed E-state index contributed by atoms with van der Waals surface area (Å²) in [6.07, 6.45) is 0. The zero-order chi connectivity index (χ0) is 17.2. The van der Waals surface area contributed by atoms with Crippen LogP contribution < -0.4 is 9.64 Å². The van der Waals surface area contributed by atoms with Crippen LogP contribution in [0.25, 0.3) is 0 Å². The zero-order valence-corrected chi connectivity index (χ0v) is 14.6. The van der Waals surface area contributed by atoms with E-state index in [1.807, 2.05) is 67.6 Å². The van der Waals surface area contributed by atoms with E-state index in [0.717, 1.165) is 26.9 Å². The van der Waals surface area contributed by atoms with Crippen molar-refractivity contribution in [2.24, 2.45) is 0 Å². The standard InChI is InChI=1S/C21H17NO2S/c1-2-24-16-13-11-15(12-14-16)21(23)22-17-7-3-5-9-19(17)25-20-10-6-4-8-18(20)22/h3-14H,2H2,1H3. The highest BCUT2D eigenvalue weighted by Crippen LogP contribution is 2.48. The van der Waals surface area contributed by atoms with Gasteiger partial charge in [-0.2, -0.15) is 0 Å². The summed E-state index contributed by atoms with van der Waals surface area (Å²) in [6.45, 7) is 2.55. The molecule has 0 aliphatic carbocycles. The Balaban J connectivity index is 1.77. The fourth-order valence-electron chi connectivity index (χ4n) is 2.91. The van der Waals surface area contributed by atoms with Gasteiger partial charge in [-0.1, -0.05) is 36.0 Å². The summed E-state index contributed by atoms with van der Waals surface area (Å²) >= 11 is 1.69. The van der Waals surface area contributed by atoms with Crippen molar-refractivity contribution in [2.75, 3.05) is 11.5 Å². The molecule has 1 aliphatic heterocycles. The van der Waals surface area contributed by atoms with Gasteiger partial charge in [0.05, 0.1) is 18.0 Å². The molecular formula is C21H17NO2S. The Morgan fingerprint density at radius 3 is 2.00 bits per heavy atom. The van der Waals surface area contributed by atoms with E-state index in [0.29, 0.717) is 12.2 Å². The maximum absolute atomic E-state index is 13.3. The molecule has 124 valence electrons. The van der Waals surface area contributed by atoms with Crippen molar-refractivity contribution >= 4 is 29.0 Å². The molecule has 0 spiro atoms. The van der Waals surface area contributed by atoms with Crippen LogP contribution in [-0.4, -0.2) is 12.5 Å². The third-order valence-corrected chi connectivity index (χ3v) is 5.18. The molecule has 0 unspecified atom stereocenters. The molecule has 1 heterocycles. The van der Waals surface area contributed by atoms with Gasteiger partial charge in [0.15, 0.2) is 0 Å². The van der Waals surface area contributed by atoms with Gasteiger partial charge in [0.1, 0.15) is 5.75 Å². The van der Waals surface area contributed by atoms with Crippen LogP contribution in [0, 0.1) is 0 Å². The van der Waals surface area contributed by atoms with E-state index in [1.54, 1.807) is 16.7 Å². The van der Waals surface area contributed by atoms with Gasteiger partial charge in [-0.15, -0.1) is 0 Å². The Bertz CT molecular complexity index is 876. The second-order valence-electron chi connectivity index (χ2n) is 5.64. The van der Waals surface area contributed by atoms with E-state index >= 15 is 0 Å². The van der Waals surface area contributed by atoms with Crippen molar-refractivity contribution in [1.82, 2.24) is 0 Å². The minimum Gasteiger partial charge on any atom is -0.494 e. The summed E-state index contributed by atoms with van der Waals surface area (Å²) in [5.74, 6) is 0.734. The largest absolute Gasteiger partial charge is 0.494 e. The van der Waals surface area contributed by atoms with Crippen molar-refractivity contribution in [1.29, 1.82) is 0 Å². The predicted octanol–water partition coefficient (Wildman–Crippen LogP) is 5.53. The number of anilines is 2. The third-order valence-electron chi connectivity index (χ3n) is 4.05. The first-order valence-corrected chi connectivity index (χ1v) is 9.03. The van der Waals surface area contributed by atoms with Gasteiger partial charge >= 0.3 is 0 Å². The summed E-state index contributed by atoms with van der Waals surface area (Å²) < 4.78 is 5.47. The second-order valence-corrected chi connectivity index (χ2v) is 6.72. The van der Waals surface area contributed by atoms with Crippen LogP contribution in [0.4, 0.5) is 11.4 Å². The molecule has 3 nitrogen and oxygen atoms in total. The van der Waals surface area contributed by atoms with Crippen LogP contribution in [0.15, 0.2) is 82.6 Å². The quantitative estimate of drug-likeness (QED) is 0.624. The Hall–Kier alpha value is -2.72. The molecule has 3 aromatic carbocycles. The van der Waals surface area contributed by atoms with Gasteiger partial charge in [-0.3, -0.25) is 9.69 Å². The van der Waals surface area contributed by atoms with Gasteiger partial charge in [-0.25, -0.2) is 0 Å². The molecule has 0 bridgehead atoms. The highest BCUT2D eigenvalue weighted by atomic mass is 32.2. The van der Waals surface area contributed by atoms with Crippen LogP contribution in [0.3, 0.4) is 0 Å². The Labute approximate surface area is 151 Å². The van der Waals surface area contributed by atoms with Gasteiger partial charge in [-0.05, 0) is 55.5 Å². The van der Waals surface area contributed by atoms with Gasteiger partial charge in [0, 0.05) is 15.4 Å². The fourth-order valence-corrected chi connectivity index (χ4v) is 3.97. The van der Waals surface area contributed by atoms with Crippen molar-refractivity contribution in [3.05, 3.63) is 78.4 Å². The first-order valence-electron chi connectivity index (χ1n) is 8.21. The number of hydrogen-bond acceptors (Lipinski definition) is 3. The zero-order valence-electron chi connectivity index (χ0n) is 13.8. The molecule has 0 N–H and O–H groups in total. The topological polar surface area (TPSA) is 29.5 Å². The van der Waals surface area contributed by atoms with Gasteiger partial charge in [0.2, 0.25) is 0 Å². The van der Waals surface area contributed by atoms with Crippen molar-refractivity contribution in [2.45, 2.75) is 16.7 Å². The van der Waals surface area contributed by atoms with Crippen LogP contribution in [-0.2, 0) is 0 Å². The lowest BCUT2D eigenvalue weighted by atomic mass is 10.1. The lowest BCUT2D eigenvalue weighted by molar-refractivity contribution is 0.0998. The SMILES string of the molecule is CCOc1ccc(C(=O)N2c3ccccc3Sc3ccccc32)cc1. The number of carbonyl (C=O) groups excluding carboxylic acids is 1. The first-order chi connectivity index (χ1) is 12.3. The average molecular weight is 347 g/mol. The number of para-hydroxylation sites is 2. The fraction of sp³-hybridized carbons (Fsp3) is 0.0952. The molecular weight excluding hydrogens is 330 g/mol. The molecule has 0 saturated carbocycles. The summed E-state index contributed by atoms with van der Waals surface area (Å²) in [5, 5.41) is 0. The number of rotatable bonds is 3. The van der Waals surface area contributed by atoms with Crippen molar-refractivity contribution in [3.8, 4) is 5.75 Å². The average Bonchev–Trinajstić information content (AvgIpc) is 2.66. The van der Waals surface area contributed by atoms with E-state index in [1.165, 1.54) is 0 Å². The lowest BCUT2D eigenvalue weighted by Crippen LogP contribution is -2.28. The van der Waals surface area contributed by atoms with Crippen LogP contribution in [0.5, 0.6) is 5.75 Å². The monoisotopic (exact) mass is 347 g/mol. The summed E-state index contributed by atoms with van der Waals surface area (Å²) in [5.41, 5.74) is 2.48. The number of nitrogens with zero attached hydrogens (tertiary/aromatic N) is 1. The summed E-state index contributed by atoms with van der Waals surface area (Å²) in [4.78, 5) is 17.2. The number of fused-ring (bicyclic) bond motifs is 2. The Morgan fingerprint density at radius 1 is 0.880 bits per heavy atom. The summed E-state index contributed by atoms with van der Waals surface area (Å²) in [7, 11) is 0. The highest BCUT2D eigenvalue weighted by Gasteiger charge is 2.28. The lowest BCUT2D eigenvalue weighted by Gasteiger charge is -2.31. The molecule has 1 amide bonds. The Kier molecular flexibility index (Phi) is 4.20. The number of benzene rings is 3. The number of ether oxygens (including phenoxy) is 1. The molecule has 0 fully saturated rings. The van der Waals surface area contributed by atoms with E-state index in [9.17, 15) is 4.79 Å². The summed E-state index contributed by atoms with van der Waals surface area (Å²) in [6, 6.07) is 23.3. The van der Waals surface area contributed by atoms with E-state index < -0.39 is 0 Å². The van der Waals surface area contributed by atoms with Crippen molar-refractivity contribution in [3.63, 3.8) is 0 Å². The van der Waals surface area contributed by atoms with Crippen LogP contribution >= 0.6 is 11.8 Å². The molecule has 0 aromatic heterocycles. The second kappa shape index (κ2) is 6.65. The third kappa shape index (κ3) is 2.89. The number of carbonyl (C=O) groups is 1. The first kappa shape index (κ1) is 15.8. The normalized spacial score (nSPS) is 12.3. The van der Waals surface area contributed by atoms with E-state index in [-0.39, 0.29) is 5.91 Å². The predicted molar refractivity (Wildman–Crippen MR) is 101 cm³/mol. The smallest absolute Gasteiger partial charge is 0.262 e. The molecule has 3 aromatic rings. The minimum atomic E-state index is -0.0387. The molecule has 25 heavy (non-hydrogen) atoms. The maximum Gasteiger partial charge on any atom is 0.262 e. The molecule has 0 atom stereocenters. The van der Waals surface area contributed by atoms with Crippen LogP contribution in [0.2, 0.25) is 0 Å². The number of amides is 1. The molecule has 4 rings (SSSR count). The van der Waals surface area contributed by atoms with Gasteiger partial charge < -0.3 is 4.74 Å². The molecule has 0 radical (unpaired) electrons. The highest BCUT2D eigenvalue weighted by molar-refractivity contribution is 7.99. The maximum atomic E-state index is 13.3. The molecule has 0 saturated heterocycles.